The molecule has 6 heteroatoms. The molecule has 0 aliphatic rings. The van der Waals surface area contributed by atoms with Gasteiger partial charge in [0.05, 0.1) is 24.6 Å². The van der Waals surface area contributed by atoms with Crippen LogP contribution in [0.15, 0.2) is 72.8 Å². The molecular formula is C45H64N4O2. The van der Waals surface area contributed by atoms with Crippen molar-refractivity contribution in [3.8, 4) is 11.5 Å². The largest absolute Gasteiger partial charge is 0.491 e. The highest BCUT2D eigenvalue weighted by atomic mass is 16.5. The molecule has 0 unspecified atom stereocenters. The number of aryl methyl sites for hydroxylation is 2. The van der Waals surface area contributed by atoms with Crippen LogP contribution < -0.4 is 30.7 Å². The Morgan fingerprint density at radius 3 is 1.12 bits per heavy atom. The summed E-state index contributed by atoms with van der Waals surface area (Å²) in [4.78, 5) is 0. The Morgan fingerprint density at radius 1 is 0.451 bits per heavy atom. The summed E-state index contributed by atoms with van der Waals surface area (Å²) in [5.41, 5.74) is 12.5. The number of nitrogens with one attached hydrogen (secondary N) is 4. The van der Waals surface area contributed by atoms with Crippen molar-refractivity contribution < 1.29 is 9.47 Å². The first-order valence-electron chi connectivity index (χ1n) is 19.1. The quantitative estimate of drug-likeness (QED) is 0.0692. The van der Waals surface area contributed by atoms with E-state index in [2.05, 4.69) is 163 Å². The summed E-state index contributed by atoms with van der Waals surface area (Å²) >= 11 is 0. The molecule has 4 aromatic carbocycles. The third-order valence-corrected chi connectivity index (χ3v) is 9.30. The molecule has 4 aromatic rings. The van der Waals surface area contributed by atoms with Gasteiger partial charge in [0.25, 0.3) is 0 Å². The van der Waals surface area contributed by atoms with Gasteiger partial charge >= 0.3 is 0 Å². The lowest BCUT2D eigenvalue weighted by Crippen LogP contribution is -2.17. The fourth-order valence-electron chi connectivity index (χ4n) is 6.52. The van der Waals surface area contributed by atoms with E-state index in [9.17, 15) is 0 Å². The van der Waals surface area contributed by atoms with Crippen molar-refractivity contribution in [1.29, 1.82) is 0 Å². The average molecular weight is 693 g/mol. The third-order valence-electron chi connectivity index (χ3n) is 9.30. The van der Waals surface area contributed by atoms with Crippen LogP contribution in [0, 0.1) is 13.8 Å². The van der Waals surface area contributed by atoms with Gasteiger partial charge in [-0.25, -0.2) is 0 Å². The monoisotopic (exact) mass is 693 g/mol. The van der Waals surface area contributed by atoms with Crippen LogP contribution in [0.2, 0.25) is 0 Å². The molecule has 0 saturated heterocycles. The maximum Gasteiger partial charge on any atom is 0.142 e. The lowest BCUT2D eigenvalue weighted by atomic mass is 9.92. The summed E-state index contributed by atoms with van der Waals surface area (Å²) in [6, 6.07) is 26.0. The van der Waals surface area contributed by atoms with Gasteiger partial charge in [0.15, 0.2) is 0 Å². The average Bonchev–Trinajstić information content (AvgIpc) is 3.09. The zero-order chi connectivity index (χ0) is 36.9. The number of anilines is 4. The molecule has 0 atom stereocenters. The minimum atomic E-state index is 0.465. The van der Waals surface area contributed by atoms with Crippen molar-refractivity contribution in [3.05, 3.63) is 106 Å². The molecule has 0 amide bonds. The van der Waals surface area contributed by atoms with Crippen LogP contribution in [-0.2, 0) is 0 Å². The van der Waals surface area contributed by atoms with Crippen molar-refractivity contribution in [2.45, 2.75) is 99.3 Å². The molecule has 0 aliphatic carbocycles. The van der Waals surface area contributed by atoms with Crippen LogP contribution in [0.5, 0.6) is 11.5 Å². The molecule has 0 fully saturated rings. The van der Waals surface area contributed by atoms with Crippen LogP contribution in [0.3, 0.4) is 0 Å². The zero-order valence-corrected chi connectivity index (χ0v) is 33.0. The van der Waals surface area contributed by atoms with Gasteiger partial charge in [0, 0.05) is 44.0 Å². The molecule has 0 radical (unpaired) electrons. The van der Waals surface area contributed by atoms with Gasteiger partial charge < -0.3 is 30.7 Å². The molecule has 0 bridgehead atoms. The molecule has 0 aliphatic heterocycles. The second-order valence-corrected chi connectivity index (χ2v) is 15.0. The SMILES string of the molecule is Cc1ccc(OCCCOc2ccc(C)cc2NCCNc2c(C(C)C)cccc2C(C)C)c(NCCNc2c(C(C)C)cccc2C(C)C)c1. The summed E-state index contributed by atoms with van der Waals surface area (Å²) in [7, 11) is 0. The fourth-order valence-corrected chi connectivity index (χ4v) is 6.52. The lowest BCUT2D eigenvalue weighted by Gasteiger charge is -2.21. The molecule has 51 heavy (non-hydrogen) atoms. The van der Waals surface area contributed by atoms with Crippen LogP contribution in [-0.4, -0.2) is 39.4 Å². The van der Waals surface area contributed by atoms with Crippen LogP contribution in [0.25, 0.3) is 0 Å². The smallest absolute Gasteiger partial charge is 0.142 e. The molecule has 0 aromatic heterocycles. The number of hydrogen-bond donors (Lipinski definition) is 4. The highest BCUT2D eigenvalue weighted by molar-refractivity contribution is 5.63. The molecule has 0 heterocycles. The minimum absolute atomic E-state index is 0.465. The van der Waals surface area contributed by atoms with Crippen molar-refractivity contribution in [2.24, 2.45) is 0 Å². The first kappa shape index (κ1) is 39.5. The van der Waals surface area contributed by atoms with E-state index >= 15 is 0 Å². The van der Waals surface area contributed by atoms with E-state index in [1.54, 1.807) is 0 Å². The second kappa shape index (κ2) is 19.3. The summed E-state index contributed by atoms with van der Waals surface area (Å²) in [5, 5.41) is 14.7. The maximum absolute atomic E-state index is 6.28. The van der Waals surface area contributed by atoms with Crippen molar-refractivity contribution >= 4 is 22.7 Å². The summed E-state index contributed by atoms with van der Waals surface area (Å²) in [6.45, 7) is 26.7. The Hall–Kier alpha value is -4.32. The maximum atomic E-state index is 6.28. The number of ether oxygens (including phenoxy) is 2. The number of hydrogen-bond acceptors (Lipinski definition) is 6. The van der Waals surface area contributed by atoms with Crippen molar-refractivity contribution in [3.63, 3.8) is 0 Å². The van der Waals surface area contributed by atoms with Gasteiger partial charge in [0.1, 0.15) is 11.5 Å². The summed E-state index contributed by atoms with van der Waals surface area (Å²) < 4.78 is 12.6. The van der Waals surface area contributed by atoms with Crippen molar-refractivity contribution in [1.82, 2.24) is 0 Å². The Bertz CT molecular complexity index is 1500. The first-order valence-corrected chi connectivity index (χ1v) is 19.1. The summed E-state index contributed by atoms with van der Waals surface area (Å²) in [6.07, 6.45) is 0.775. The number of benzene rings is 4. The van der Waals surface area contributed by atoms with Crippen LogP contribution in [0.4, 0.5) is 22.7 Å². The van der Waals surface area contributed by atoms with E-state index in [4.69, 9.17) is 9.47 Å². The lowest BCUT2D eigenvalue weighted by molar-refractivity contribution is 0.248. The topological polar surface area (TPSA) is 66.6 Å². The second-order valence-electron chi connectivity index (χ2n) is 15.0. The van der Waals surface area contributed by atoms with E-state index in [1.807, 2.05) is 0 Å². The van der Waals surface area contributed by atoms with E-state index < -0.39 is 0 Å². The summed E-state index contributed by atoms with van der Waals surface area (Å²) in [5.74, 6) is 3.60. The fraction of sp³-hybridized carbons (Fsp3) is 0.467. The van der Waals surface area contributed by atoms with Gasteiger partial charge in [0.2, 0.25) is 0 Å². The van der Waals surface area contributed by atoms with Crippen LogP contribution >= 0.6 is 0 Å². The predicted molar refractivity (Wildman–Crippen MR) is 221 cm³/mol. The van der Waals surface area contributed by atoms with Gasteiger partial charge in [-0.1, -0.05) is 104 Å². The highest BCUT2D eigenvalue weighted by Gasteiger charge is 2.15. The molecule has 0 saturated carbocycles. The van der Waals surface area contributed by atoms with Gasteiger partial charge in [-0.05, 0) is 95.2 Å². The third kappa shape index (κ3) is 11.3. The Balaban J connectivity index is 1.26. The van der Waals surface area contributed by atoms with Gasteiger partial charge in [-0.2, -0.15) is 0 Å². The van der Waals surface area contributed by atoms with Crippen LogP contribution in [0.1, 0.15) is 119 Å². The normalized spacial score (nSPS) is 11.4. The number of rotatable bonds is 20. The minimum Gasteiger partial charge on any atom is -0.491 e. The Kier molecular flexibility index (Phi) is 15.0. The molecule has 276 valence electrons. The molecule has 0 spiro atoms. The Labute approximate surface area is 309 Å². The van der Waals surface area contributed by atoms with E-state index in [1.165, 1.54) is 44.8 Å². The van der Waals surface area contributed by atoms with Gasteiger partial charge in [-0.15, -0.1) is 0 Å². The predicted octanol–water partition coefficient (Wildman–Crippen LogP) is 11.7. The van der Waals surface area contributed by atoms with E-state index in [0.717, 1.165) is 55.5 Å². The Morgan fingerprint density at radius 2 is 0.784 bits per heavy atom. The standard InChI is InChI=1S/C45H64N4O2/c1-30(2)36-14-11-15-37(31(3)4)44(36)48-24-22-46-40-28-34(9)18-20-42(40)50-26-13-27-51-43-21-19-35(10)29-41(43)47-23-25-49-45-38(32(5)6)16-12-17-39(45)33(7)8/h11-12,14-21,28-33,46-49H,13,22-27H2,1-10H3. The van der Waals surface area contributed by atoms with Gasteiger partial charge in [-0.3, -0.25) is 0 Å². The van der Waals surface area contributed by atoms with Crippen molar-refractivity contribution in [2.75, 3.05) is 60.7 Å². The molecular weight excluding hydrogens is 629 g/mol. The van der Waals surface area contributed by atoms with E-state index in [-0.39, 0.29) is 0 Å². The number of para-hydroxylation sites is 2. The zero-order valence-electron chi connectivity index (χ0n) is 33.0. The molecule has 4 rings (SSSR count). The molecule has 4 N–H and O–H groups in total. The molecule has 6 nitrogen and oxygen atoms in total. The van der Waals surface area contributed by atoms with E-state index in [0.29, 0.717) is 36.9 Å². The highest BCUT2D eigenvalue weighted by Crippen LogP contribution is 2.34. The first-order chi connectivity index (χ1) is 24.5.